The Morgan fingerprint density at radius 1 is 1.35 bits per heavy atom. The number of rotatable bonds is 2. The van der Waals surface area contributed by atoms with Crippen LogP contribution in [0.5, 0.6) is 0 Å². The second kappa shape index (κ2) is 4.75. The van der Waals surface area contributed by atoms with Gasteiger partial charge in [0, 0.05) is 18.3 Å². The van der Waals surface area contributed by atoms with Crippen LogP contribution in [0, 0.1) is 0 Å². The fourth-order valence-electron chi connectivity index (χ4n) is 2.06. The third kappa shape index (κ3) is 2.58. The van der Waals surface area contributed by atoms with E-state index >= 15 is 0 Å². The number of hydrogen-bond acceptors (Lipinski definition) is 3. The molecule has 0 saturated carbocycles. The van der Waals surface area contributed by atoms with Crippen LogP contribution in [0.4, 0.5) is 5.69 Å². The van der Waals surface area contributed by atoms with Gasteiger partial charge in [0.2, 0.25) is 0 Å². The molecule has 0 spiro atoms. The Balaban J connectivity index is 2.18. The van der Waals surface area contributed by atoms with Gasteiger partial charge in [0.25, 0.3) is 0 Å². The highest BCUT2D eigenvalue weighted by molar-refractivity contribution is 5.88. The quantitative estimate of drug-likeness (QED) is 0.851. The molecule has 1 heterocycles. The van der Waals surface area contributed by atoms with Crippen LogP contribution in [0.3, 0.4) is 0 Å². The molecule has 1 aliphatic heterocycles. The van der Waals surface area contributed by atoms with E-state index in [-0.39, 0.29) is 6.10 Å². The molecule has 2 unspecified atom stereocenters. The number of hydrogen-bond donors (Lipinski definition) is 1. The molecular weight excluding hydrogens is 218 g/mol. The van der Waals surface area contributed by atoms with Gasteiger partial charge in [-0.05, 0) is 38.1 Å². The average Bonchev–Trinajstić information content (AvgIpc) is 2.32. The van der Waals surface area contributed by atoms with Crippen molar-refractivity contribution in [2.24, 2.45) is 0 Å². The van der Waals surface area contributed by atoms with E-state index in [0.29, 0.717) is 18.2 Å². The maximum absolute atomic E-state index is 10.8. The second-order valence-corrected chi connectivity index (χ2v) is 4.50. The molecule has 1 aromatic carbocycles. The molecule has 2 atom stereocenters. The molecule has 0 amide bonds. The molecule has 1 aromatic rings. The first-order valence-corrected chi connectivity index (χ1v) is 5.79. The van der Waals surface area contributed by atoms with Crippen LogP contribution in [-0.2, 0) is 4.74 Å². The molecule has 1 aliphatic rings. The molecule has 4 heteroatoms. The van der Waals surface area contributed by atoms with Crippen LogP contribution < -0.4 is 4.90 Å². The van der Waals surface area contributed by atoms with Gasteiger partial charge in [0.05, 0.1) is 18.3 Å². The van der Waals surface area contributed by atoms with Gasteiger partial charge in [-0.2, -0.15) is 0 Å². The van der Waals surface area contributed by atoms with Crippen molar-refractivity contribution < 1.29 is 14.6 Å². The maximum Gasteiger partial charge on any atom is 0.335 e. The third-order valence-electron chi connectivity index (χ3n) is 3.05. The minimum absolute atomic E-state index is 0.213. The van der Waals surface area contributed by atoms with Crippen LogP contribution in [0.1, 0.15) is 24.2 Å². The zero-order chi connectivity index (χ0) is 12.4. The molecule has 92 valence electrons. The van der Waals surface area contributed by atoms with Crippen molar-refractivity contribution in [1.82, 2.24) is 0 Å². The van der Waals surface area contributed by atoms with Gasteiger partial charge in [0.1, 0.15) is 0 Å². The highest BCUT2D eigenvalue weighted by Crippen LogP contribution is 2.22. The van der Waals surface area contributed by atoms with Crippen molar-refractivity contribution >= 4 is 11.7 Å². The molecule has 0 aliphatic carbocycles. The fraction of sp³-hybridized carbons (Fsp3) is 0.462. The van der Waals surface area contributed by atoms with E-state index in [0.717, 1.165) is 12.2 Å². The van der Waals surface area contributed by atoms with E-state index in [2.05, 4.69) is 11.8 Å². The van der Waals surface area contributed by atoms with Crippen molar-refractivity contribution in [1.29, 1.82) is 0 Å². The summed E-state index contributed by atoms with van der Waals surface area (Å²) in [5.74, 6) is -0.889. The number of carbonyl (C=O) groups is 1. The number of anilines is 1. The minimum atomic E-state index is -0.889. The number of carboxylic acids is 1. The fourth-order valence-corrected chi connectivity index (χ4v) is 2.06. The van der Waals surface area contributed by atoms with Crippen molar-refractivity contribution in [2.75, 3.05) is 18.1 Å². The van der Waals surface area contributed by atoms with Gasteiger partial charge < -0.3 is 14.7 Å². The summed E-state index contributed by atoms with van der Waals surface area (Å²) in [7, 11) is 0. The van der Waals surface area contributed by atoms with Crippen molar-refractivity contribution in [3.8, 4) is 0 Å². The zero-order valence-electron chi connectivity index (χ0n) is 10.1. The van der Waals surface area contributed by atoms with Gasteiger partial charge in [0.15, 0.2) is 0 Å². The van der Waals surface area contributed by atoms with Gasteiger partial charge >= 0.3 is 5.97 Å². The largest absolute Gasteiger partial charge is 0.478 e. The first kappa shape index (κ1) is 11.9. The summed E-state index contributed by atoms with van der Waals surface area (Å²) in [5.41, 5.74) is 1.38. The van der Waals surface area contributed by atoms with E-state index in [9.17, 15) is 4.79 Å². The topological polar surface area (TPSA) is 49.8 Å². The molecule has 4 nitrogen and oxygen atoms in total. The normalized spacial score (nSPS) is 24.7. The van der Waals surface area contributed by atoms with E-state index in [1.807, 2.05) is 19.1 Å². The summed E-state index contributed by atoms with van der Waals surface area (Å²) in [4.78, 5) is 13.0. The molecule has 0 radical (unpaired) electrons. The Bertz CT molecular complexity index is 402. The van der Waals surface area contributed by atoms with Gasteiger partial charge in [-0.3, -0.25) is 0 Å². The maximum atomic E-state index is 10.8. The minimum Gasteiger partial charge on any atom is -0.478 e. The summed E-state index contributed by atoms with van der Waals surface area (Å²) in [5, 5.41) is 8.85. The average molecular weight is 235 g/mol. The third-order valence-corrected chi connectivity index (χ3v) is 3.05. The lowest BCUT2D eigenvalue weighted by Gasteiger charge is -2.38. The smallest absolute Gasteiger partial charge is 0.335 e. The molecule has 1 saturated heterocycles. The van der Waals surface area contributed by atoms with Crippen molar-refractivity contribution in [3.05, 3.63) is 29.8 Å². The SMILES string of the molecule is CC1CN(c2ccc(C(=O)O)cc2)C(C)CO1. The van der Waals surface area contributed by atoms with Gasteiger partial charge in [-0.25, -0.2) is 4.79 Å². The van der Waals surface area contributed by atoms with E-state index in [1.54, 1.807) is 12.1 Å². The summed E-state index contributed by atoms with van der Waals surface area (Å²) < 4.78 is 5.57. The number of aromatic carboxylic acids is 1. The summed E-state index contributed by atoms with van der Waals surface area (Å²) in [6.07, 6.45) is 0.213. The predicted molar refractivity (Wildman–Crippen MR) is 65.6 cm³/mol. The molecule has 0 aromatic heterocycles. The van der Waals surface area contributed by atoms with Crippen LogP contribution >= 0.6 is 0 Å². The Morgan fingerprint density at radius 2 is 2.00 bits per heavy atom. The second-order valence-electron chi connectivity index (χ2n) is 4.50. The first-order valence-electron chi connectivity index (χ1n) is 5.79. The number of ether oxygens (including phenoxy) is 1. The summed E-state index contributed by atoms with van der Waals surface area (Å²) in [6.45, 7) is 5.71. The van der Waals surface area contributed by atoms with Crippen LogP contribution in [-0.4, -0.2) is 36.4 Å². The summed E-state index contributed by atoms with van der Waals surface area (Å²) in [6, 6.07) is 7.33. The lowest BCUT2D eigenvalue weighted by atomic mass is 10.1. The van der Waals surface area contributed by atoms with Crippen LogP contribution in [0.25, 0.3) is 0 Å². The van der Waals surface area contributed by atoms with Gasteiger partial charge in [-0.15, -0.1) is 0 Å². The number of morpholine rings is 1. The molecule has 17 heavy (non-hydrogen) atoms. The predicted octanol–water partition coefficient (Wildman–Crippen LogP) is 2.00. The highest BCUT2D eigenvalue weighted by Gasteiger charge is 2.23. The van der Waals surface area contributed by atoms with Crippen molar-refractivity contribution in [3.63, 3.8) is 0 Å². The van der Waals surface area contributed by atoms with E-state index < -0.39 is 5.97 Å². The lowest BCUT2D eigenvalue weighted by molar-refractivity contribution is 0.0343. The number of benzene rings is 1. The molecule has 0 bridgehead atoms. The Morgan fingerprint density at radius 3 is 2.59 bits per heavy atom. The molecule has 2 rings (SSSR count). The van der Waals surface area contributed by atoms with E-state index in [4.69, 9.17) is 9.84 Å². The summed E-state index contributed by atoms with van der Waals surface area (Å²) >= 11 is 0. The van der Waals surface area contributed by atoms with Gasteiger partial charge in [-0.1, -0.05) is 0 Å². The first-order chi connectivity index (χ1) is 8.08. The molecule has 1 fully saturated rings. The highest BCUT2D eigenvalue weighted by atomic mass is 16.5. The zero-order valence-corrected chi connectivity index (χ0v) is 10.1. The van der Waals surface area contributed by atoms with Crippen molar-refractivity contribution in [2.45, 2.75) is 26.0 Å². The Hall–Kier alpha value is -1.55. The number of carboxylic acid groups (broad SMARTS) is 1. The van der Waals surface area contributed by atoms with E-state index in [1.165, 1.54) is 0 Å². The monoisotopic (exact) mass is 235 g/mol. The standard InChI is InChI=1S/C13H17NO3/c1-9-8-17-10(2)7-14(9)12-5-3-11(4-6-12)13(15)16/h3-6,9-10H,7-8H2,1-2H3,(H,15,16). The van der Waals surface area contributed by atoms with Crippen LogP contribution in [0.2, 0.25) is 0 Å². The number of nitrogens with zero attached hydrogens (tertiary/aromatic N) is 1. The Kier molecular flexibility index (Phi) is 3.33. The lowest BCUT2D eigenvalue weighted by Crippen LogP contribution is -2.47. The molecule has 1 N–H and O–H groups in total. The van der Waals surface area contributed by atoms with Crippen LogP contribution in [0.15, 0.2) is 24.3 Å². The Labute approximate surface area is 101 Å². The molecular formula is C13H17NO3.